The summed E-state index contributed by atoms with van der Waals surface area (Å²) in [5.41, 5.74) is 0. The van der Waals surface area contributed by atoms with E-state index in [1.807, 2.05) is 0 Å². The molecule has 0 unspecified atom stereocenters. The Kier molecular flexibility index (Phi) is 3.20. The van der Waals surface area contributed by atoms with Crippen LogP contribution >= 0.6 is 0 Å². The van der Waals surface area contributed by atoms with Crippen molar-refractivity contribution in [1.29, 1.82) is 0 Å². The summed E-state index contributed by atoms with van der Waals surface area (Å²) in [4.78, 5) is 0. The van der Waals surface area contributed by atoms with E-state index in [4.69, 9.17) is 0 Å². The van der Waals surface area contributed by atoms with E-state index in [-0.39, 0.29) is 0 Å². The van der Waals surface area contributed by atoms with Gasteiger partial charge in [0.1, 0.15) is 0 Å². The molecule has 0 bridgehead atoms. The number of rotatable bonds is 5. The molecule has 1 heterocycles. The lowest BCUT2D eigenvalue weighted by Gasteiger charge is -2.09. The maximum atomic E-state index is 3.34. The van der Waals surface area contributed by atoms with Gasteiger partial charge in [-0.05, 0) is 18.8 Å². The predicted octanol–water partition coefficient (Wildman–Crippen LogP) is 2.17. The molecule has 1 nitrogen and oxygen atoms in total. The highest BCUT2D eigenvalue weighted by Crippen LogP contribution is 2.18. The molecule has 0 aromatic carbocycles. The van der Waals surface area contributed by atoms with Crippen LogP contribution in [0.5, 0.6) is 0 Å². The Morgan fingerprint density at radius 1 is 1.40 bits per heavy atom. The Morgan fingerprint density at radius 3 is 2.40 bits per heavy atom. The molecule has 1 heteroatoms. The van der Waals surface area contributed by atoms with Crippen LogP contribution in [-0.4, -0.2) is 12.6 Å². The molecule has 0 aromatic rings. The Morgan fingerprint density at radius 2 is 2.00 bits per heavy atom. The zero-order valence-corrected chi connectivity index (χ0v) is 7.19. The fourth-order valence-electron chi connectivity index (χ4n) is 1.42. The molecule has 60 valence electrons. The van der Waals surface area contributed by atoms with Gasteiger partial charge in [-0.2, -0.15) is 0 Å². The molecule has 0 aromatic heterocycles. The minimum absolute atomic E-state index is 0.889. The summed E-state index contributed by atoms with van der Waals surface area (Å²) in [5.74, 6) is 0.988. The summed E-state index contributed by atoms with van der Waals surface area (Å²) >= 11 is 0. The lowest BCUT2D eigenvalue weighted by atomic mass is 9.97. The van der Waals surface area contributed by atoms with Crippen LogP contribution in [-0.2, 0) is 0 Å². The van der Waals surface area contributed by atoms with Gasteiger partial charge in [0.25, 0.3) is 0 Å². The Bertz CT molecular complexity index is 82.7. The van der Waals surface area contributed by atoms with Crippen LogP contribution in [0.3, 0.4) is 0 Å². The zero-order chi connectivity index (χ0) is 7.40. The molecule has 1 rings (SSSR count). The van der Waals surface area contributed by atoms with Gasteiger partial charge in [-0.3, -0.25) is 0 Å². The van der Waals surface area contributed by atoms with Crippen LogP contribution in [0.25, 0.3) is 0 Å². The van der Waals surface area contributed by atoms with Crippen molar-refractivity contribution >= 4 is 0 Å². The van der Waals surface area contributed by atoms with Gasteiger partial charge < -0.3 is 5.32 Å². The first-order chi connectivity index (χ1) is 4.86. The van der Waals surface area contributed by atoms with Crippen molar-refractivity contribution in [2.75, 3.05) is 6.54 Å². The SMILES string of the molecule is CCC(CC)CC[C@@H]1CN1. The second-order valence-corrected chi connectivity index (χ2v) is 3.37. The lowest BCUT2D eigenvalue weighted by molar-refractivity contribution is 0.440. The van der Waals surface area contributed by atoms with Gasteiger partial charge >= 0.3 is 0 Å². The number of hydrogen-bond acceptors (Lipinski definition) is 1. The van der Waals surface area contributed by atoms with Crippen molar-refractivity contribution in [3.63, 3.8) is 0 Å². The standard InChI is InChI=1S/C9H19N/c1-3-8(4-2)5-6-9-7-10-9/h8-10H,3-7H2,1-2H3/t9-/m1/s1. The lowest BCUT2D eigenvalue weighted by Crippen LogP contribution is -2.00. The topological polar surface area (TPSA) is 21.9 Å². The third-order valence-electron chi connectivity index (χ3n) is 2.57. The second-order valence-electron chi connectivity index (χ2n) is 3.37. The fourth-order valence-corrected chi connectivity index (χ4v) is 1.42. The van der Waals surface area contributed by atoms with Crippen LogP contribution < -0.4 is 5.32 Å². The molecule has 0 saturated carbocycles. The molecule has 0 aliphatic carbocycles. The van der Waals surface area contributed by atoms with Gasteiger partial charge in [0.2, 0.25) is 0 Å². The molecule has 10 heavy (non-hydrogen) atoms. The van der Waals surface area contributed by atoms with Gasteiger partial charge in [0.05, 0.1) is 0 Å². The van der Waals surface area contributed by atoms with E-state index in [1.165, 1.54) is 32.2 Å². The molecule has 0 spiro atoms. The van der Waals surface area contributed by atoms with Crippen LogP contribution in [0.1, 0.15) is 39.5 Å². The maximum absolute atomic E-state index is 3.34. The van der Waals surface area contributed by atoms with E-state index >= 15 is 0 Å². The maximum Gasteiger partial charge on any atom is 0.0193 e. The summed E-state index contributed by atoms with van der Waals surface area (Å²) < 4.78 is 0. The van der Waals surface area contributed by atoms with Gasteiger partial charge in [-0.1, -0.05) is 26.7 Å². The first-order valence-electron chi connectivity index (χ1n) is 4.60. The molecule has 1 aliphatic heterocycles. The highest BCUT2D eigenvalue weighted by Gasteiger charge is 2.20. The minimum Gasteiger partial charge on any atom is -0.311 e. The quantitative estimate of drug-likeness (QED) is 0.582. The Labute approximate surface area is 64.2 Å². The van der Waals surface area contributed by atoms with E-state index in [0.29, 0.717) is 0 Å². The van der Waals surface area contributed by atoms with Crippen molar-refractivity contribution in [2.24, 2.45) is 5.92 Å². The molecule has 1 atom stereocenters. The summed E-state index contributed by atoms with van der Waals surface area (Å²) in [5, 5.41) is 3.34. The predicted molar refractivity (Wildman–Crippen MR) is 45.1 cm³/mol. The molecule has 0 radical (unpaired) electrons. The molecule has 1 fully saturated rings. The normalized spacial score (nSPS) is 23.7. The average molecular weight is 141 g/mol. The second kappa shape index (κ2) is 3.97. The minimum atomic E-state index is 0.889. The van der Waals surface area contributed by atoms with E-state index < -0.39 is 0 Å². The Hall–Kier alpha value is -0.0400. The van der Waals surface area contributed by atoms with Crippen molar-refractivity contribution in [2.45, 2.75) is 45.6 Å². The number of hydrogen-bond donors (Lipinski definition) is 1. The van der Waals surface area contributed by atoms with E-state index in [1.54, 1.807) is 0 Å². The van der Waals surface area contributed by atoms with Gasteiger partial charge in [-0.15, -0.1) is 0 Å². The van der Waals surface area contributed by atoms with Crippen LogP contribution in [0.15, 0.2) is 0 Å². The van der Waals surface area contributed by atoms with Crippen molar-refractivity contribution in [1.82, 2.24) is 5.32 Å². The highest BCUT2D eigenvalue weighted by atomic mass is 15.1. The van der Waals surface area contributed by atoms with E-state index in [0.717, 1.165) is 12.0 Å². The molecular weight excluding hydrogens is 122 g/mol. The molecule has 1 aliphatic rings. The fraction of sp³-hybridized carbons (Fsp3) is 1.00. The van der Waals surface area contributed by atoms with Crippen molar-refractivity contribution < 1.29 is 0 Å². The summed E-state index contributed by atoms with van der Waals surface area (Å²) in [6.07, 6.45) is 5.57. The first kappa shape index (κ1) is 8.06. The zero-order valence-electron chi connectivity index (χ0n) is 7.19. The van der Waals surface area contributed by atoms with E-state index in [9.17, 15) is 0 Å². The van der Waals surface area contributed by atoms with Crippen LogP contribution in [0, 0.1) is 5.92 Å². The molecule has 1 saturated heterocycles. The van der Waals surface area contributed by atoms with Gasteiger partial charge in [0, 0.05) is 12.6 Å². The monoisotopic (exact) mass is 141 g/mol. The molecule has 1 N–H and O–H groups in total. The summed E-state index contributed by atoms with van der Waals surface area (Å²) in [6.45, 7) is 5.88. The summed E-state index contributed by atoms with van der Waals surface area (Å²) in [7, 11) is 0. The smallest absolute Gasteiger partial charge is 0.0193 e. The first-order valence-corrected chi connectivity index (χ1v) is 4.60. The number of nitrogens with one attached hydrogen (secondary N) is 1. The average Bonchev–Trinajstić information content (AvgIpc) is 2.74. The van der Waals surface area contributed by atoms with Gasteiger partial charge in [-0.25, -0.2) is 0 Å². The largest absolute Gasteiger partial charge is 0.311 e. The highest BCUT2D eigenvalue weighted by molar-refractivity contribution is 4.83. The molecular formula is C9H19N. The molecule has 0 amide bonds. The van der Waals surface area contributed by atoms with Crippen LogP contribution in [0.2, 0.25) is 0 Å². The Balaban J connectivity index is 1.97. The van der Waals surface area contributed by atoms with Gasteiger partial charge in [0.15, 0.2) is 0 Å². The summed E-state index contributed by atoms with van der Waals surface area (Å²) in [6, 6.07) is 0.889. The van der Waals surface area contributed by atoms with Crippen LogP contribution in [0.4, 0.5) is 0 Å². The van der Waals surface area contributed by atoms with Crippen molar-refractivity contribution in [3.05, 3.63) is 0 Å². The van der Waals surface area contributed by atoms with Crippen molar-refractivity contribution in [3.8, 4) is 0 Å². The third-order valence-corrected chi connectivity index (χ3v) is 2.57. The van der Waals surface area contributed by atoms with E-state index in [2.05, 4.69) is 19.2 Å². The third kappa shape index (κ3) is 2.70.